The van der Waals surface area contributed by atoms with Crippen LogP contribution in [0.15, 0.2) is 29.2 Å². The molecule has 1 aromatic carbocycles. The van der Waals surface area contributed by atoms with Crippen LogP contribution in [0.1, 0.15) is 38.8 Å². The Labute approximate surface area is 113 Å². The minimum Gasteiger partial charge on any atom is -0.469 e. The standard InChI is InChI=1S/C14H21NO2S/c1-14(2,3)18-12-8-6-5-7-10(12)11(15)9-13(16)17-4/h5-8,11H,9,15H2,1-4H3/t11-/m0/s1. The predicted octanol–water partition coefficient (Wildman–Crippen LogP) is 3.14. The highest BCUT2D eigenvalue weighted by atomic mass is 32.2. The lowest BCUT2D eigenvalue weighted by Gasteiger charge is -2.22. The number of carbonyl (C=O) groups excluding carboxylic acids is 1. The van der Waals surface area contributed by atoms with Gasteiger partial charge in [0.05, 0.1) is 13.5 Å². The number of ether oxygens (including phenoxy) is 1. The van der Waals surface area contributed by atoms with Crippen molar-refractivity contribution in [1.82, 2.24) is 0 Å². The number of rotatable bonds is 4. The van der Waals surface area contributed by atoms with E-state index in [2.05, 4.69) is 25.5 Å². The maximum atomic E-state index is 11.3. The van der Waals surface area contributed by atoms with E-state index in [1.165, 1.54) is 7.11 Å². The van der Waals surface area contributed by atoms with Gasteiger partial charge in [0.2, 0.25) is 0 Å². The minimum atomic E-state index is -0.316. The highest BCUT2D eigenvalue weighted by Gasteiger charge is 2.19. The van der Waals surface area contributed by atoms with Gasteiger partial charge in [-0.1, -0.05) is 39.0 Å². The van der Waals surface area contributed by atoms with Crippen molar-refractivity contribution in [3.8, 4) is 0 Å². The zero-order valence-corrected chi connectivity index (χ0v) is 12.2. The Kier molecular flexibility index (Phi) is 5.23. The molecular formula is C14H21NO2S. The van der Waals surface area contributed by atoms with Crippen LogP contribution in [-0.2, 0) is 9.53 Å². The van der Waals surface area contributed by atoms with Gasteiger partial charge in [0.1, 0.15) is 0 Å². The fourth-order valence-electron chi connectivity index (χ4n) is 1.58. The molecule has 0 aliphatic carbocycles. The SMILES string of the molecule is COC(=O)C[C@H](N)c1ccccc1SC(C)(C)C. The molecule has 0 heterocycles. The van der Waals surface area contributed by atoms with Gasteiger partial charge in [-0.15, -0.1) is 11.8 Å². The van der Waals surface area contributed by atoms with Gasteiger partial charge in [-0.05, 0) is 11.6 Å². The van der Waals surface area contributed by atoms with Gasteiger partial charge in [0.15, 0.2) is 0 Å². The van der Waals surface area contributed by atoms with Crippen molar-refractivity contribution >= 4 is 17.7 Å². The monoisotopic (exact) mass is 267 g/mol. The molecule has 0 amide bonds. The predicted molar refractivity (Wildman–Crippen MR) is 75.6 cm³/mol. The normalized spacial score (nSPS) is 13.2. The number of methoxy groups -OCH3 is 1. The first-order chi connectivity index (χ1) is 8.33. The van der Waals surface area contributed by atoms with E-state index in [4.69, 9.17) is 5.73 Å². The van der Waals surface area contributed by atoms with Crippen LogP contribution in [0.5, 0.6) is 0 Å². The van der Waals surface area contributed by atoms with Crippen molar-refractivity contribution in [2.45, 2.75) is 42.9 Å². The molecule has 4 heteroatoms. The smallest absolute Gasteiger partial charge is 0.307 e. The van der Waals surface area contributed by atoms with Crippen LogP contribution in [-0.4, -0.2) is 17.8 Å². The Bertz CT molecular complexity index is 413. The van der Waals surface area contributed by atoms with Crippen LogP contribution in [0.25, 0.3) is 0 Å². The molecular weight excluding hydrogens is 246 g/mol. The van der Waals surface area contributed by atoms with Gasteiger partial charge < -0.3 is 10.5 Å². The molecule has 0 spiro atoms. The highest BCUT2D eigenvalue weighted by molar-refractivity contribution is 8.00. The Morgan fingerprint density at radius 1 is 1.39 bits per heavy atom. The molecule has 1 aromatic rings. The van der Waals surface area contributed by atoms with Gasteiger partial charge in [-0.25, -0.2) is 0 Å². The molecule has 0 saturated carbocycles. The first kappa shape index (κ1) is 15.1. The molecule has 100 valence electrons. The van der Waals surface area contributed by atoms with Gasteiger partial charge in [-0.3, -0.25) is 4.79 Å². The Morgan fingerprint density at radius 2 is 2.00 bits per heavy atom. The van der Waals surface area contributed by atoms with E-state index in [0.29, 0.717) is 0 Å². The summed E-state index contributed by atoms with van der Waals surface area (Å²) in [6, 6.07) is 7.63. The summed E-state index contributed by atoms with van der Waals surface area (Å²) in [6.45, 7) is 6.46. The van der Waals surface area contributed by atoms with E-state index >= 15 is 0 Å². The fraction of sp³-hybridized carbons (Fsp3) is 0.500. The molecule has 0 bridgehead atoms. The van der Waals surface area contributed by atoms with Crippen molar-refractivity contribution in [1.29, 1.82) is 0 Å². The lowest BCUT2D eigenvalue weighted by molar-refractivity contribution is -0.141. The summed E-state index contributed by atoms with van der Waals surface area (Å²) in [5.41, 5.74) is 7.08. The van der Waals surface area contributed by atoms with Crippen molar-refractivity contribution in [2.24, 2.45) is 5.73 Å². The third-order valence-corrected chi connectivity index (χ3v) is 3.55. The lowest BCUT2D eigenvalue weighted by atomic mass is 10.1. The molecule has 0 saturated heterocycles. The number of thioether (sulfide) groups is 1. The van der Waals surface area contributed by atoms with Gasteiger partial charge in [0, 0.05) is 15.7 Å². The molecule has 3 nitrogen and oxygen atoms in total. The summed E-state index contributed by atoms with van der Waals surface area (Å²) in [7, 11) is 1.38. The van der Waals surface area contributed by atoms with Crippen molar-refractivity contribution in [2.75, 3.05) is 7.11 Å². The van der Waals surface area contributed by atoms with E-state index in [0.717, 1.165) is 10.5 Å². The Morgan fingerprint density at radius 3 is 2.56 bits per heavy atom. The summed E-state index contributed by atoms with van der Waals surface area (Å²) in [6.07, 6.45) is 0.207. The molecule has 0 fully saturated rings. The molecule has 1 rings (SSSR count). The first-order valence-corrected chi connectivity index (χ1v) is 6.75. The molecule has 0 unspecified atom stereocenters. The van der Waals surface area contributed by atoms with E-state index in [1.54, 1.807) is 11.8 Å². The summed E-state index contributed by atoms with van der Waals surface area (Å²) < 4.78 is 4.77. The van der Waals surface area contributed by atoms with E-state index < -0.39 is 0 Å². The van der Waals surface area contributed by atoms with Crippen molar-refractivity contribution < 1.29 is 9.53 Å². The molecule has 2 N–H and O–H groups in total. The number of benzene rings is 1. The summed E-state index contributed by atoms with van der Waals surface area (Å²) in [5.74, 6) is -0.280. The third kappa shape index (κ3) is 4.70. The first-order valence-electron chi connectivity index (χ1n) is 5.94. The number of nitrogens with two attached hydrogens (primary N) is 1. The number of hydrogen-bond acceptors (Lipinski definition) is 4. The van der Waals surface area contributed by atoms with Gasteiger partial charge in [0.25, 0.3) is 0 Å². The number of hydrogen-bond donors (Lipinski definition) is 1. The molecule has 0 radical (unpaired) electrons. The zero-order valence-electron chi connectivity index (χ0n) is 11.4. The Balaban J connectivity index is 2.91. The zero-order chi connectivity index (χ0) is 13.8. The highest BCUT2D eigenvalue weighted by Crippen LogP contribution is 2.36. The average molecular weight is 267 g/mol. The Hall–Kier alpha value is -1.00. The molecule has 0 aliphatic rings. The van der Waals surface area contributed by atoms with Crippen LogP contribution >= 0.6 is 11.8 Å². The summed E-state index contributed by atoms with van der Waals surface area (Å²) >= 11 is 1.76. The van der Waals surface area contributed by atoms with Crippen LogP contribution in [0.3, 0.4) is 0 Å². The van der Waals surface area contributed by atoms with Crippen LogP contribution < -0.4 is 5.73 Å². The van der Waals surface area contributed by atoms with Gasteiger partial charge >= 0.3 is 5.97 Å². The van der Waals surface area contributed by atoms with E-state index in [-0.39, 0.29) is 23.2 Å². The second-order valence-electron chi connectivity index (χ2n) is 5.14. The largest absolute Gasteiger partial charge is 0.469 e. The fourth-order valence-corrected chi connectivity index (χ4v) is 2.73. The maximum Gasteiger partial charge on any atom is 0.307 e. The maximum absolute atomic E-state index is 11.3. The molecule has 1 atom stereocenters. The lowest BCUT2D eigenvalue weighted by Crippen LogP contribution is -2.18. The van der Waals surface area contributed by atoms with Crippen molar-refractivity contribution in [3.05, 3.63) is 29.8 Å². The summed E-state index contributed by atoms with van der Waals surface area (Å²) in [4.78, 5) is 12.4. The molecule has 18 heavy (non-hydrogen) atoms. The van der Waals surface area contributed by atoms with E-state index in [1.807, 2.05) is 24.3 Å². The minimum absolute atomic E-state index is 0.112. The average Bonchev–Trinajstić information content (AvgIpc) is 2.27. The van der Waals surface area contributed by atoms with Crippen LogP contribution in [0.2, 0.25) is 0 Å². The molecule has 0 aliphatic heterocycles. The van der Waals surface area contributed by atoms with E-state index in [9.17, 15) is 4.79 Å². The van der Waals surface area contributed by atoms with Gasteiger partial charge in [-0.2, -0.15) is 0 Å². The van der Waals surface area contributed by atoms with Crippen LogP contribution in [0, 0.1) is 0 Å². The third-order valence-electron chi connectivity index (χ3n) is 2.35. The number of esters is 1. The second-order valence-corrected chi connectivity index (χ2v) is 7.01. The quantitative estimate of drug-likeness (QED) is 0.672. The molecule has 0 aromatic heterocycles. The second kappa shape index (κ2) is 6.25. The van der Waals surface area contributed by atoms with Crippen LogP contribution in [0.4, 0.5) is 0 Å². The topological polar surface area (TPSA) is 52.3 Å². The van der Waals surface area contributed by atoms with Crippen molar-refractivity contribution in [3.63, 3.8) is 0 Å². The summed E-state index contributed by atoms with van der Waals surface area (Å²) in [5, 5.41) is 0. The number of carbonyl (C=O) groups is 1.